The highest BCUT2D eigenvalue weighted by atomic mass is 32.1. The van der Waals surface area contributed by atoms with Crippen molar-refractivity contribution in [2.24, 2.45) is 0 Å². The predicted molar refractivity (Wildman–Crippen MR) is 77.6 cm³/mol. The van der Waals surface area contributed by atoms with Crippen molar-refractivity contribution in [3.63, 3.8) is 0 Å². The van der Waals surface area contributed by atoms with Crippen LogP contribution >= 0.6 is 12.2 Å². The van der Waals surface area contributed by atoms with E-state index in [1.165, 1.54) is 6.07 Å². The topological polar surface area (TPSA) is 35.1 Å². The van der Waals surface area contributed by atoms with E-state index < -0.39 is 23.3 Å². The molecule has 8 heteroatoms. The fourth-order valence-electron chi connectivity index (χ4n) is 2.12. The van der Waals surface area contributed by atoms with Gasteiger partial charge in [0.15, 0.2) is 0 Å². The van der Waals surface area contributed by atoms with Crippen molar-refractivity contribution >= 4 is 23.2 Å². The summed E-state index contributed by atoms with van der Waals surface area (Å²) in [4.78, 5) is 12.0. The SMILES string of the molecule is O=c1oc2ccc(F)cc2c(=S)n1-c1ccc(C(F)(F)F)cc1. The highest BCUT2D eigenvalue weighted by Gasteiger charge is 2.30. The van der Waals surface area contributed by atoms with Gasteiger partial charge in [-0.2, -0.15) is 13.2 Å². The monoisotopic (exact) mass is 341 g/mol. The van der Waals surface area contributed by atoms with E-state index >= 15 is 0 Å². The summed E-state index contributed by atoms with van der Waals surface area (Å²) in [6.45, 7) is 0. The third-order valence-corrected chi connectivity index (χ3v) is 3.61. The van der Waals surface area contributed by atoms with Crippen LogP contribution in [0.2, 0.25) is 0 Å². The summed E-state index contributed by atoms with van der Waals surface area (Å²) in [5, 5.41) is 0.180. The minimum absolute atomic E-state index is 0.0458. The molecule has 0 aliphatic rings. The molecular weight excluding hydrogens is 334 g/mol. The molecule has 0 aliphatic heterocycles. The van der Waals surface area contributed by atoms with Gasteiger partial charge in [-0.3, -0.25) is 0 Å². The Hall–Kier alpha value is -2.48. The number of benzene rings is 2. The molecule has 1 heterocycles. The second-order valence-corrected chi connectivity index (χ2v) is 5.08. The van der Waals surface area contributed by atoms with Gasteiger partial charge in [0.05, 0.1) is 16.6 Å². The van der Waals surface area contributed by atoms with E-state index in [-0.39, 0.29) is 21.3 Å². The molecule has 0 radical (unpaired) electrons. The quantitative estimate of drug-likeness (QED) is 0.484. The lowest BCUT2D eigenvalue weighted by molar-refractivity contribution is -0.137. The molecule has 0 bridgehead atoms. The van der Waals surface area contributed by atoms with E-state index in [4.69, 9.17) is 16.6 Å². The zero-order valence-corrected chi connectivity index (χ0v) is 12.0. The second kappa shape index (κ2) is 5.31. The molecule has 0 fully saturated rings. The van der Waals surface area contributed by atoms with Gasteiger partial charge in [-0.25, -0.2) is 13.8 Å². The Morgan fingerprint density at radius 1 is 1.04 bits per heavy atom. The summed E-state index contributed by atoms with van der Waals surface area (Å²) in [6.07, 6.45) is -4.49. The predicted octanol–water partition coefficient (Wildman–Crippen LogP) is 4.47. The van der Waals surface area contributed by atoms with Crippen LogP contribution in [0.4, 0.5) is 17.6 Å². The van der Waals surface area contributed by atoms with Gasteiger partial charge in [0, 0.05) is 0 Å². The maximum absolute atomic E-state index is 13.3. The van der Waals surface area contributed by atoms with Gasteiger partial charge in [-0.05, 0) is 42.5 Å². The van der Waals surface area contributed by atoms with Crippen LogP contribution in [-0.2, 0) is 6.18 Å². The molecule has 0 spiro atoms. The standard InChI is InChI=1S/C15H7F4NO2S/c16-9-3-6-12-11(7-9)13(23)20(14(21)22-12)10-4-1-8(2-5-10)15(17,18)19/h1-7H. The Bertz CT molecular complexity index is 1000. The Labute approximate surface area is 131 Å². The lowest BCUT2D eigenvalue weighted by Crippen LogP contribution is -2.18. The van der Waals surface area contributed by atoms with Gasteiger partial charge in [0.25, 0.3) is 0 Å². The van der Waals surface area contributed by atoms with Crippen molar-refractivity contribution in [3.05, 3.63) is 69.0 Å². The molecule has 2 aromatic carbocycles. The molecule has 0 saturated heterocycles. The van der Waals surface area contributed by atoms with E-state index in [9.17, 15) is 22.4 Å². The highest BCUT2D eigenvalue weighted by Crippen LogP contribution is 2.29. The Kier molecular flexibility index (Phi) is 3.56. The number of hydrogen-bond acceptors (Lipinski definition) is 3. The molecule has 3 aromatic rings. The first kappa shape index (κ1) is 15.4. The van der Waals surface area contributed by atoms with E-state index in [0.29, 0.717) is 0 Å². The molecule has 3 rings (SSSR count). The summed E-state index contributed by atoms with van der Waals surface area (Å²) in [5.41, 5.74) is -0.656. The van der Waals surface area contributed by atoms with Gasteiger partial charge in [-0.1, -0.05) is 12.2 Å². The van der Waals surface area contributed by atoms with E-state index in [1.54, 1.807) is 0 Å². The van der Waals surface area contributed by atoms with Gasteiger partial charge in [0.1, 0.15) is 16.0 Å². The summed E-state index contributed by atoms with van der Waals surface area (Å²) >= 11 is 5.14. The molecule has 0 atom stereocenters. The fraction of sp³-hybridized carbons (Fsp3) is 0.0667. The van der Waals surface area contributed by atoms with Crippen LogP contribution in [-0.4, -0.2) is 4.57 Å². The minimum Gasteiger partial charge on any atom is -0.409 e. The van der Waals surface area contributed by atoms with Crippen LogP contribution < -0.4 is 5.76 Å². The molecule has 1 aromatic heterocycles. The number of rotatable bonds is 1. The molecular formula is C15H7F4NO2S. The lowest BCUT2D eigenvalue weighted by atomic mass is 10.2. The number of halogens is 4. The summed E-state index contributed by atoms with van der Waals surface area (Å²) in [7, 11) is 0. The Balaban J connectivity index is 2.24. The maximum Gasteiger partial charge on any atom is 0.425 e. The maximum atomic E-state index is 13.3. The first-order chi connectivity index (χ1) is 10.8. The van der Waals surface area contributed by atoms with Crippen LogP contribution in [0.5, 0.6) is 0 Å². The number of aromatic nitrogens is 1. The van der Waals surface area contributed by atoms with Crippen LogP contribution in [0.25, 0.3) is 16.7 Å². The first-order valence-corrected chi connectivity index (χ1v) is 6.71. The molecule has 0 N–H and O–H groups in total. The molecule has 0 aliphatic carbocycles. The van der Waals surface area contributed by atoms with Crippen molar-refractivity contribution in [1.82, 2.24) is 4.57 Å². The summed E-state index contributed by atoms with van der Waals surface area (Å²) in [6, 6.07) is 7.32. The van der Waals surface area contributed by atoms with Gasteiger partial charge < -0.3 is 4.42 Å². The first-order valence-electron chi connectivity index (χ1n) is 6.30. The average Bonchev–Trinajstić information content (AvgIpc) is 2.48. The molecule has 0 saturated carbocycles. The Morgan fingerprint density at radius 3 is 2.30 bits per heavy atom. The average molecular weight is 341 g/mol. The zero-order valence-electron chi connectivity index (χ0n) is 11.2. The van der Waals surface area contributed by atoms with Crippen LogP contribution in [0.15, 0.2) is 51.7 Å². The van der Waals surface area contributed by atoms with Crippen molar-refractivity contribution < 1.29 is 22.0 Å². The van der Waals surface area contributed by atoms with Crippen LogP contribution in [0.3, 0.4) is 0 Å². The Morgan fingerprint density at radius 2 is 1.70 bits per heavy atom. The van der Waals surface area contributed by atoms with Crippen molar-refractivity contribution in [2.45, 2.75) is 6.18 Å². The largest absolute Gasteiger partial charge is 0.425 e. The van der Waals surface area contributed by atoms with E-state index in [0.717, 1.165) is 41.0 Å². The van der Waals surface area contributed by atoms with Crippen molar-refractivity contribution in [2.75, 3.05) is 0 Å². The lowest BCUT2D eigenvalue weighted by Gasteiger charge is -2.10. The zero-order chi connectivity index (χ0) is 16.8. The van der Waals surface area contributed by atoms with Crippen LogP contribution in [0, 0.1) is 10.5 Å². The number of hydrogen-bond donors (Lipinski definition) is 0. The molecule has 0 unspecified atom stereocenters. The van der Waals surface area contributed by atoms with Crippen molar-refractivity contribution in [1.29, 1.82) is 0 Å². The third-order valence-electron chi connectivity index (χ3n) is 3.21. The molecule has 0 amide bonds. The molecule has 118 valence electrons. The van der Waals surface area contributed by atoms with Crippen LogP contribution in [0.1, 0.15) is 5.56 Å². The highest BCUT2D eigenvalue weighted by molar-refractivity contribution is 7.71. The van der Waals surface area contributed by atoms with Gasteiger partial charge in [0.2, 0.25) is 0 Å². The fourth-order valence-corrected chi connectivity index (χ4v) is 2.46. The van der Waals surface area contributed by atoms with E-state index in [2.05, 4.69) is 0 Å². The van der Waals surface area contributed by atoms with Gasteiger partial charge >= 0.3 is 11.9 Å². The number of alkyl halides is 3. The minimum atomic E-state index is -4.49. The van der Waals surface area contributed by atoms with Gasteiger partial charge in [-0.15, -0.1) is 0 Å². The summed E-state index contributed by atoms with van der Waals surface area (Å²) < 4.78 is 57.0. The smallest absolute Gasteiger partial charge is 0.409 e. The summed E-state index contributed by atoms with van der Waals surface area (Å²) in [5.74, 6) is -1.44. The second-order valence-electron chi connectivity index (χ2n) is 4.69. The van der Waals surface area contributed by atoms with Crippen molar-refractivity contribution in [3.8, 4) is 5.69 Å². The number of fused-ring (bicyclic) bond motifs is 1. The molecule has 23 heavy (non-hydrogen) atoms. The normalized spacial score (nSPS) is 11.8. The molecule has 3 nitrogen and oxygen atoms in total. The van der Waals surface area contributed by atoms with E-state index in [1.807, 2.05) is 0 Å². The third kappa shape index (κ3) is 2.77. The number of nitrogens with zero attached hydrogens (tertiary/aromatic N) is 1.